The molecule has 0 unspecified atom stereocenters. The summed E-state index contributed by atoms with van der Waals surface area (Å²) in [5, 5.41) is 0. The number of carbonyl (C=O) groups is 1. The molecule has 0 spiro atoms. The van der Waals surface area contributed by atoms with Crippen molar-refractivity contribution in [3.63, 3.8) is 0 Å². The Morgan fingerprint density at radius 1 is 1.46 bits per heavy atom. The Hall–Kier alpha value is -0.610. The molecule has 0 aromatic carbocycles. The molecule has 1 fully saturated rings. The molecule has 0 bridgehead atoms. The average molecular weight is 190 g/mol. The molecule has 0 aromatic rings. The summed E-state index contributed by atoms with van der Waals surface area (Å²) in [6.45, 7) is 7.69. The van der Waals surface area contributed by atoms with E-state index in [4.69, 9.17) is 10.5 Å². The molecular weight excluding hydrogens is 168 g/mol. The number of nitrogens with zero attached hydrogens (tertiary/aromatic N) is 1. The third-order valence-electron chi connectivity index (χ3n) is 1.48. The Morgan fingerprint density at radius 3 is 2.31 bits per heavy atom. The normalized spacial score (nSPS) is 17.4. The van der Waals surface area contributed by atoms with Gasteiger partial charge in [0.2, 0.25) is 5.91 Å². The third-order valence-corrected chi connectivity index (χ3v) is 1.48. The number of amides is 1. The molecule has 0 radical (unpaired) electrons. The molecule has 1 heterocycles. The fourth-order valence-electron chi connectivity index (χ4n) is 0.980. The number of nitrogens with two attached hydrogens (primary N) is 1. The van der Waals surface area contributed by atoms with E-state index in [0.717, 1.165) is 13.1 Å². The van der Waals surface area contributed by atoms with Crippen molar-refractivity contribution in [2.45, 2.75) is 20.3 Å². The molecule has 80 valence electrons. The van der Waals surface area contributed by atoms with E-state index in [0.29, 0.717) is 19.8 Å². The summed E-state index contributed by atoms with van der Waals surface area (Å²) < 4.78 is 5.09. The number of carbonyl (C=O) groups excluding carboxylic acids is 1. The first-order chi connectivity index (χ1) is 6.20. The van der Waals surface area contributed by atoms with Crippen LogP contribution in [-0.2, 0) is 9.53 Å². The first-order valence-corrected chi connectivity index (χ1v) is 4.79. The Kier molecular flexibility index (Phi) is 7.63. The molecule has 4 nitrogen and oxygen atoms in total. The van der Waals surface area contributed by atoms with Gasteiger partial charge in [0.15, 0.2) is 0 Å². The monoisotopic (exact) mass is 190 g/mol. The van der Waals surface area contributed by atoms with Crippen molar-refractivity contribution in [3.8, 4) is 0 Å². The minimum atomic E-state index is -0.262. The topological polar surface area (TPSA) is 55.6 Å². The van der Waals surface area contributed by atoms with Gasteiger partial charge in [-0.05, 0) is 0 Å². The highest BCUT2D eigenvalue weighted by Gasteiger charge is 2.11. The van der Waals surface area contributed by atoms with Gasteiger partial charge in [-0.2, -0.15) is 0 Å². The number of ether oxygens (including phenoxy) is 1. The molecular formula is C9H22N2O2. The van der Waals surface area contributed by atoms with Crippen molar-refractivity contribution in [2.75, 3.05) is 32.8 Å². The number of morpholine rings is 1. The molecule has 1 amide bonds. The number of hydrogen-bond donors (Lipinski definition) is 1. The minimum absolute atomic E-state index is 0. The summed E-state index contributed by atoms with van der Waals surface area (Å²) in [5.74, 6) is -0.262. The first kappa shape index (κ1) is 12.4. The van der Waals surface area contributed by atoms with Gasteiger partial charge in [0, 0.05) is 14.5 Å². The van der Waals surface area contributed by atoms with E-state index in [1.54, 1.807) is 0 Å². The van der Waals surface area contributed by atoms with E-state index < -0.39 is 0 Å². The van der Waals surface area contributed by atoms with E-state index in [2.05, 4.69) is 13.8 Å². The van der Waals surface area contributed by atoms with Crippen LogP contribution in [-0.4, -0.2) is 43.7 Å². The molecule has 1 aliphatic rings. The van der Waals surface area contributed by atoms with Gasteiger partial charge < -0.3 is 10.5 Å². The number of primary amides is 1. The second-order valence-electron chi connectivity index (χ2n) is 3.06. The highest BCUT2D eigenvalue weighted by molar-refractivity contribution is 5.75. The summed E-state index contributed by atoms with van der Waals surface area (Å²) in [7, 11) is 0. The fraction of sp³-hybridized carbons (Fsp3) is 0.889. The van der Waals surface area contributed by atoms with E-state index in [9.17, 15) is 4.79 Å². The summed E-state index contributed by atoms with van der Waals surface area (Å²) in [4.78, 5) is 12.4. The summed E-state index contributed by atoms with van der Waals surface area (Å²) in [6, 6.07) is 0. The SMILES string of the molecule is CCC.NC(=O)CN1CCOCC1.[HH]. The van der Waals surface area contributed by atoms with Crippen LogP contribution < -0.4 is 5.73 Å². The lowest BCUT2D eigenvalue weighted by Gasteiger charge is -2.24. The Morgan fingerprint density at radius 2 is 1.92 bits per heavy atom. The molecule has 0 aromatic heterocycles. The fourth-order valence-corrected chi connectivity index (χ4v) is 0.980. The predicted octanol–water partition coefficient (Wildman–Crippen LogP) is 0.466. The zero-order valence-corrected chi connectivity index (χ0v) is 8.58. The molecule has 1 rings (SSSR count). The van der Waals surface area contributed by atoms with Gasteiger partial charge in [0.1, 0.15) is 0 Å². The lowest BCUT2D eigenvalue weighted by Crippen LogP contribution is -2.41. The minimum Gasteiger partial charge on any atom is -0.379 e. The zero-order chi connectivity index (χ0) is 10.1. The second kappa shape index (κ2) is 8.01. The molecule has 0 saturated carbocycles. The molecule has 0 aliphatic carbocycles. The van der Waals surface area contributed by atoms with Crippen molar-refractivity contribution in [3.05, 3.63) is 0 Å². The van der Waals surface area contributed by atoms with E-state index in [-0.39, 0.29) is 7.33 Å². The van der Waals surface area contributed by atoms with Gasteiger partial charge in [-0.3, -0.25) is 9.69 Å². The quantitative estimate of drug-likeness (QED) is 0.688. The maximum Gasteiger partial charge on any atom is 0.231 e. The average Bonchev–Trinajstić information content (AvgIpc) is 2.06. The van der Waals surface area contributed by atoms with E-state index >= 15 is 0 Å². The number of rotatable bonds is 2. The summed E-state index contributed by atoms with van der Waals surface area (Å²) >= 11 is 0. The van der Waals surface area contributed by atoms with Crippen LogP contribution in [0.4, 0.5) is 0 Å². The van der Waals surface area contributed by atoms with Crippen LogP contribution in [0.15, 0.2) is 0 Å². The molecule has 4 heteroatoms. The molecule has 0 atom stereocenters. The van der Waals surface area contributed by atoms with Gasteiger partial charge in [0.05, 0.1) is 19.8 Å². The molecule has 13 heavy (non-hydrogen) atoms. The Labute approximate surface area is 81.5 Å². The standard InChI is InChI=1S/C6H12N2O2.C3H8.H2/c7-6(9)5-8-1-3-10-4-2-8;1-3-2;/h1-5H2,(H2,7,9);3H2,1-2H3;1H. The van der Waals surface area contributed by atoms with Crippen molar-refractivity contribution in [1.82, 2.24) is 4.90 Å². The lowest BCUT2D eigenvalue weighted by atomic mass is 10.4. The highest BCUT2D eigenvalue weighted by Crippen LogP contribution is 1.94. The maximum absolute atomic E-state index is 10.4. The lowest BCUT2D eigenvalue weighted by molar-refractivity contribution is -0.120. The van der Waals surface area contributed by atoms with Gasteiger partial charge in [-0.15, -0.1) is 0 Å². The summed E-state index contributed by atoms with van der Waals surface area (Å²) in [5.41, 5.74) is 5.00. The summed E-state index contributed by atoms with van der Waals surface area (Å²) in [6.07, 6.45) is 1.25. The van der Waals surface area contributed by atoms with Crippen molar-refractivity contribution >= 4 is 5.91 Å². The molecule has 1 saturated heterocycles. The maximum atomic E-state index is 10.4. The zero-order valence-electron chi connectivity index (χ0n) is 8.58. The Bertz CT molecular complexity index is 139. The smallest absolute Gasteiger partial charge is 0.231 e. The third kappa shape index (κ3) is 7.74. The van der Waals surface area contributed by atoms with Crippen molar-refractivity contribution in [1.29, 1.82) is 0 Å². The highest BCUT2D eigenvalue weighted by atomic mass is 16.5. The van der Waals surface area contributed by atoms with Gasteiger partial charge in [-0.25, -0.2) is 0 Å². The van der Waals surface area contributed by atoms with Gasteiger partial charge in [-0.1, -0.05) is 20.3 Å². The second-order valence-corrected chi connectivity index (χ2v) is 3.06. The van der Waals surface area contributed by atoms with E-state index in [1.807, 2.05) is 4.90 Å². The molecule has 1 aliphatic heterocycles. The van der Waals surface area contributed by atoms with Crippen LogP contribution in [0, 0.1) is 0 Å². The van der Waals surface area contributed by atoms with Crippen molar-refractivity contribution < 1.29 is 11.0 Å². The van der Waals surface area contributed by atoms with Crippen LogP contribution in [0.25, 0.3) is 0 Å². The van der Waals surface area contributed by atoms with Crippen LogP contribution >= 0.6 is 0 Å². The van der Waals surface area contributed by atoms with Crippen molar-refractivity contribution in [2.24, 2.45) is 5.73 Å². The van der Waals surface area contributed by atoms with Crippen LogP contribution in [0.3, 0.4) is 0 Å². The number of hydrogen-bond acceptors (Lipinski definition) is 3. The van der Waals surface area contributed by atoms with Crippen LogP contribution in [0.5, 0.6) is 0 Å². The van der Waals surface area contributed by atoms with E-state index in [1.165, 1.54) is 6.42 Å². The van der Waals surface area contributed by atoms with Crippen LogP contribution in [0.1, 0.15) is 21.7 Å². The predicted molar refractivity (Wildman–Crippen MR) is 54.5 cm³/mol. The van der Waals surface area contributed by atoms with Gasteiger partial charge >= 0.3 is 0 Å². The molecule has 2 N–H and O–H groups in total. The Balaban J connectivity index is 0. The first-order valence-electron chi connectivity index (χ1n) is 4.79. The van der Waals surface area contributed by atoms with Gasteiger partial charge in [0.25, 0.3) is 0 Å². The largest absolute Gasteiger partial charge is 0.379 e. The van der Waals surface area contributed by atoms with Crippen LogP contribution in [0.2, 0.25) is 0 Å².